The van der Waals surface area contributed by atoms with Crippen LogP contribution in [0.2, 0.25) is 0 Å². The molecule has 7 rings (SSSR count). The lowest BCUT2D eigenvalue weighted by Gasteiger charge is -2.18. The molecule has 5 heterocycles. The molecule has 10 nitrogen and oxygen atoms in total. The lowest BCUT2D eigenvalue weighted by atomic mass is 10.0. The zero-order valence-corrected chi connectivity index (χ0v) is 24.4. The average molecular weight is 593 g/mol. The van der Waals surface area contributed by atoms with Crippen molar-refractivity contribution in [3.8, 4) is 22.3 Å². The van der Waals surface area contributed by atoms with E-state index in [1.54, 1.807) is 6.20 Å². The van der Waals surface area contributed by atoms with Crippen molar-refractivity contribution in [2.75, 3.05) is 36.8 Å². The minimum atomic E-state index is -0.258. The first-order valence-corrected chi connectivity index (χ1v) is 15.5. The third kappa shape index (κ3) is 5.86. The highest BCUT2D eigenvalue weighted by molar-refractivity contribution is 7.03. The van der Waals surface area contributed by atoms with E-state index in [1.165, 1.54) is 16.1 Å². The van der Waals surface area contributed by atoms with E-state index < -0.39 is 0 Å². The molecule has 0 aliphatic carbocycles. The molecular formula is C32H32N8O2S. The number of hydrogen-bond acceptors (Lipinski definition) is 9. The first-order chi connectivity index (χ1) is 21.1. The number of amides is 1. The molecule has 0 radical (unpaired) electrons. The molecule has 11 heteroatoms. The number of benzene rings is 2. The Kier molecular flexibility index (Phi) is 7.56. The molecular weight excluding hydrogens is 560 g/mol. The van der Waals surface area contributed by atoms with Crippen LogP contribution in [0.15, 0.2) is 77.2 Å². The van der Waals surface area contributed by atoms with E-state index in [-0.39, 0.29) is 18.0 Å². The van der Waals surface area contributed by atoms with Crippen molar-refractivity contribution in [2.45, 2.75) is 31.8 Å². The SMILES string of the molecule is O=C(Cn1c(=O)c(-c2ccc(-c3cnsc3)cc2)cc2cnc(Nc3ccc(NC4CCNC4)cc3)nc21)N1CCCC1. The maximum absolute atomic E-state index is 14.0. The highest BCUT2D eigenvalue weighted by Crippen LogP contribution is 2.26. The van der Waals surface area contributed by atoms with Crippen LogP contribution in [0.25, 0.3) is 33.3 Å². The van der Waals surface area contributed by atoms with Crippen LogP contribution >= 0.6 is 11.5 Å². The lowest BCUT2D eigenvalue weighted by molar-refractivity contribution is -0.130. The second-order valence-electron chi connectivity index (χ2n) is 11.0. The number of fused-ring (bicyclic) bond motifs is 1. The Labute approximate surface area is 253 Å². The number of aromatic nitrogens is 4. The van der Waals surface area contributed by atoms with Crippen molar-refractivity contribution in [1.29, 1.82) is 0 Å². The smallest absolute Gasteiger partial charge is 0.260 e. The zero-order valence-electron chi connectivity index (χ0n) is 23.6. The quantitative estimate of drug-likeness (QED) is 0.237. The fourth-order valence-corrected chi connectivity index (χ4v) is 6.30. The number of likely N-dealkylation sites (tertiary alicyclic amines) is 1. The van der Waals surface area contributed by atoms with Gasteiger partial charge in [0.2, 0.25) is 11.9 Å². The second kappa shape index (κ2) is 11.9. The second-order valence-corrected chi connectivity index (χ2v) is 11.7. The van der Waals surface area contributed by atoms with Crippen LogP contribution in [0, 0.1) is 0 Å². The maximum Gasteiger partial charge on any atom is 0.260 e. The summed E-state index contributed by atoms with van der Waals surface area (Å²) in [5, 5.41) is 12.8. The largest absolute Gasteiger partial charge is 0.381 e. The molecule has 2 fully saturated rings. The average Bonchev–Trinajstić information content (AvgIpc) is 3.84. The Morgan fingerprint density at radius 1 is 0.977 bits per heavy atom. The first-order valence-electron chi connectivity index (χ1n) is 14.6. The van der Waals surface area contributed by atoms with Crippen molar-refractivity contribution in [3.05, 3.63) is 82.7 Å². The van der Waals surface area contributed by atoms with E-state index in [4.69, 9.17) is 4.98 Å². The van der Waals surface area contributed by atoms with Gasteiger partial charge in [-0.25, -0.2) is 9.36 Å². The summed E-state index contributed by atoms with van der Waals surface area (Å²) in [5.74, 6) is 0.281. The van der Waals surface area contributed by atoms with Crippen LogP contribution in [-0.4, -0.2) is 61.9 Å². The van der Waals surface area contributed by atoms with Crippen molar-refractivity contribution in [1.82, 2.24) is 29.1 Å². The number of anilines is 3. The Morgan fingerprint density at radius 2 is 1.74 bits per heavy atom. The van der Waals surface area contributed by atoms with Gasteiger partial charge in [-0.1, -0.05) is 24.3 Å². The van der Waals surface area contributed by atoms with Crippen molar-refractivity contribution in [3.63, 3.8) is 0 Å². The van der Waals surface area contributed by atoms with Gasteiger partial charge in [0, 0.05) is 71.3 Å². The van der Waals surface area contributed by atoms with Crippen LogP contribution in [0.4, 0.5) is 17.3 Å². The molecule has 2 saturated heterocycles. The molecule has 218 valence electrons. The maximum atomic E-state index is 14.0. The van der Waals surface area contributed by atoms with E-state index in [1.807, 2.05) is 71.1 Å². The fourth-order valence-electron chi connectivity index (χ4n) is 5.76. The van der Waals surface area contributed by atoms with Crippen molar-refractivity contribution >= 4 is 45.8 Å². The van der Waals surface area contributed by atoms with Gasteiger partial charge in [-0.15, -0.1) is 0 Å². The Balaban J connectivity index is 1.21. The monoisotopic (exact) mass is 592 g/mol. The highest BCUT2D eigenvalue weighted by Gasteiger charge is 2.22. The topological polar surface area (TPSA) is 117 Å². The molecule has 2 aliphatic heterocycles. The highest BCUT2D eigenvalue weighted by atomic mass is 32.1. The Hall–Kier alpha value is -4.61. The van der Waals surface area contributed by atoms with E-state index in [0.29, 0.717) is 41.7 Å². The molecule has 0 spiro atoms. The van der Waals surface area contributed by atoms with Gasteiger partial charge >= 0.3 is 0 Å². The molecule has 2 aromatic carbocycles. The van der Waals surface area contributed by atoms with Crippen molar-refractivity contribution < 1.29 is 4.79 Å². The minimum Gasteiger partial charge on any atom is -0.381 e. The van der Waals surface area contributed by atoms with Crippen molar-refractivity contribution in [2.24, 2.45) is 0 Å². The zero-order chi connectivity index (χ0) is 29.2. The lowest BCUT2D eigenvalue weighted by Crippen LogP contribution is -2.35. The summed E-state index contributed by atoms with van der Waals surface area (Å²) in [6.07, 6.45) is 6.60. The molecule has 3 N–H and O–H groups in total. The summed E-state index contributed by atoms with van der Waals surface area (Å²) in [6.45, 7) is 3.36. The van der Waals surface area contributed by atoms with E-state index in [2.05, 4.69) is 25.3 Å². The molecule has 1 amide bonds. The molecule has 1 atom stereocenters. The molecule has 2 aliphatic rings. The van der Waals surface area contributed by atoms with E-state index in [9.17, 15) is 9.59 Å². The van der Waals surface area contributed by atoms with Gasteiger partial charge in [-0.05, 0) is 78.8 Å². The number of rotatable bonds is 8. The van der Waals surface area contributed by atoms with Gasteiger partial charge in [-0.3, -0.25) is 14.2 Å². The summed E-state index contributed by atoms with van der Waals surface area (Å²) >= 11 is 1.40. The summed E-state index contributed by atoms with van der Waals surface area (Å²) < 4.78 is 5.68. The van der Waals surface area contributed by atoms with E-state index >= 15 is 0 Å². The van der Waals surface area contributed by atoms with Crippen LogP contribution in [0.5, 0.6) is 0 Å². The fraction of sp³-hybridized carbons (Fsp3) is 0.281. The molecule has 0 saturated carbocycles. The van der Waals surface area contributed by atoms with Crippen LogP contribution in [0.3, 0.4) is 0 Å². The van der Waals surface area contributed by atoms with Gasteiger partial charge in [0.15, 0.2) is 0 Å². The summed E-state index contributed by atoms with van der Waals surface area (Å²) in [5.41, 5.74) is 5.38. The summed E-state index contributed by atoms with van der Waals surface area (Å²) in [7, 11) is 0. The molecule has 43 heavy (non-hydrogen) atoms. The summed E-state index contributed by atoms with van der Waals surface area (Å²) in [4.78, 5) is 38.4. The number of carbonyl (C=O) groups excluding carboxylic acids is 1. The standard InChI is InChI=1S/C32H32N8O2S/c41-29(39-13-1-2-14-39)19-40-30-23(15-28(31(40)42)22-5-3-21(4-6-22)24-17-35-43-20-24)16-34-32(38-30)37-26-9-7-25(8-10-26)36-27-11-12-33-18-27/h3-10,15-17,20,27,33,36H,1-2,11-14,18-19H2,(H,34,37,38). The molecule has 3 aromatic heterocycles. The molecule has 0 bridgehead atoms. The number of carbonyl (C=O) groups is 1. The van der Waals surface area contributed by atoms with Gasteiger partial charge in [0.25, 0.3) is 5.56 Å². The Morgan fingerprint density at radius 3 is 2.47 bits per heavy atom. The molecule has 5 aromatic rings. The van der Waals surface area contributed by atoms with Gasteiger partial charge in [-0.2, -0.15) is 4.98 Å². The minimum absolute atomic E-state index is 0.0747. The number of pyridine rings is 1. The predicted molar refractivity (Wildman–Crippen MR) is 171 cm³/mol. The van der Waals surface area contributed by atoms with Gasteiger partial charge in [0.05, 0.1) is 0 Å². The Bertz CT molecular complexity index is 1790. The van der Waals surface area contributed by atoms with Gasteiger partial charge in [0.1, 0.15) is 12.2 Å². The number of hydrogen-bond donors (Lipinski definition) is 3. The summed E-state index contributed by atoms with van der Waals surface area (Å²) in [6, 6.07) is 18.1. The molecule has 1 unspecified atom stereocenters. The third-order valence-electron chi connectivity index (χ3n) is 8.11. The third-order valence-corrected chi connectivity index (χ3v) is 8.70. The number of nitrogens with one attached hydrogen (secondary N) is 3. The predicted octanol–water partition coefficient (Wildman–Crippen LogP) is 4.72. The van der Waals surface area contributed by atoms with Crippen LogP contribution in [-0.2, 0) is 11.3 Å². The van der Waals surface area contributed by atoms with Gasteiger partial charge < -0.3 is 20.9 Å². The number of nitrogens with zero attached hydrogens (tertiary/aromatic N) is 5. The van der Waals surface area contributed by atoms with Crippen LogP contribution in [0.1, 0.15) is 19.3 Å². The van der Waals surface area contributed by atoms with Crippen LogP contribution < -0.4 is 21.5 Å². The first kappa shape index (κ1) is 27.2. The normalized spacial score (nSPS) is 16.6. The van der Waals surface area contributed by atoms with E-state index in [0.717, 1.165) is 60.4 Å².